The van der Waals surface area contributed by atoms with Crippen molar-refractivity contribution in [3.05, 3.63) is 42.0 Å². The summed E-state index contributed by atoms with van der Waals surface area (Å²) in [6, 6.07) is 5.99. The van der Waals surface area contributed by atoms with Crippen LogP contribution >= 0.6 is 0 Å². The molecule has 1 N–H and O–H groups in total. The predicted octanol–water partition coefficient (Wildman–Crippen LogP) is 1.81. The van der Waals surface area contributed by atoms with E-state index in [1.165, 1.54) is 0 Å². The molecule has 1 unspecified atom stereocenters. The van der Waals surface area contributed by atoms with Gasteiger partial charge in [0.15, 0.2) is 0 Å². The van der Waals surface area contributed by atoms with Gasteiger partial charge in [-0.25, -0.2) is 5.43 Å². The van der Waals surface area contributed by atoms with Crippen molar-refractivity contribution >= 4 is 11.6 Å². The molecule has 5 heteroatoms. The van der Waals surface area contributed by atoms with E-state index in [1.807, 2.05) is 18.2 Å². The van der Waals surface area contributed by atoms with Gasteiger partial charge in [-0.3, -0.25) is 4.79 Å². The van der Waals surface area contributed by atoms with E-state index in [4.69, 9.17) is 9.47 Å². The maximum absolute atomic E-state index is 11.2. The van der Waals surface area contributed by atoms with E-state index in [2.05, 4.69) is 23.2 Å². The quantitative estimate of drug-likeness (QED) is 0.641. The normalized spacial score (nSPS) is 20.5. The zero-order valence-corrected chi connectivity index (χ0v) is 11.8. The summed E-state index contributed by atoms with van der Waals surface area (Å²) >= 11 is 0. The molecule has 1 atom stereocenters. The number of epoxide rings is 1. The lowest BCUT2D eigenvalue weighted by Gasteiger charge is -2.15. The van der Waals surface area contributed by atoms with Crippen LogP contribution in [0.25, 0.3) is 0 Å². The van der Waals surface area contributed by atoms with Gasteiger partial charge in [0.25, 0.3) is 0 Å². The third-order valence-electron chi connectivity index (χ3n) is 3.49. The second kappa shape index (κ2) is 6.10. The van der Waals surface area contributed by atoms with Gasteiger partial charge >= 0.3 is 0 Å². The number of allylic oxidation sites excluding steroid dienone is 1. The lowest BCUT2D eigenvalue weighted by molar-refractivity contribution is -0.121. The van der Waals surface area contributed by atoms with Gasteiger partial charge in [0.2, 0.25) is 5.91 Å². The Kier molecular flexibility index (Phi) is 4.01. The number of nitrogens with one attached hydrogen (secondary N) is 1. The van der Waals surface area contributed by atoms with Crippen molar-refractivity contribution in [2.24, 2.45) is 5.10 Å². The van der Waals surface area contributed by atoms with Crippen molar-refractivity contribution in [1.29, 1.82) is 0 Å². The molecule has 2 heterocycles. The van der Waals surface area contributed by atoms with Crippen LogP contribution in [0, 0.1) is 0 Å². The molecule has 0 spiro atoms. The SMILES string of the molecule is C=CCc1cc(C2=NNC(=O)CC2)ccc1OCC1CO1. The first kappa shape index (κ1) is 13.8. The minimum absolute atomic E-state index is 0.0329. The summed E-state index contributed by atoms with van der Waals surface area (Å²) in [5.41, 5.74) is 5.51. The van der Waals surface area contributed by atoms with E-state index < -0.39 is 0 Å². The van der Waals surface area contributed by atoms with Crippen molar-refractivity contribution in [2.45, 2.75) is 25.4 Å². The van der Waals surface area contributed by atoms with Gasteiger partial charge in [-0.05, 0) is 35.7 Å². The molecule has 5 nitrogen and oxygen atoms in total. The topological polar surface area (TPSA) is 63.2 Å². The number of amides is 1. The molecule has 0 bridgehead atoms. The zero-order valence-electron chi connectivity index (χ0n) is 11.8. The third-order valence-corrected chi connectivity index (χ3v) is 3.49. The van der Waals surface area contributed by atoms with Crippen LogP contribution in [0.1, 0.15) is 24.0 Å². The fraction of sp³-hybridized carbons (Fsp3) is 0.375. The number of carbonyl (C=O) groups excluding carboxylic acids is 1. The summed E-state index contributed by atoms with van der Waals surface area (Å²) in [5, 5.41) is 4.13. The van der Waals surface area contributed by atoms with Crippen LogP contribution in [0.2, 0.25) is 0 Å². The number of carbonyl (C=O) groups is 1. The van der Waals surface area contributed by atoms with Crippen molar-refractivity contribution in [2.75, 3.05) is 13.2 Å². The first-order valence-corrected chi connectivity index (χ1v) is 7.10. The van der Waals surface area contributed by atoms with E-state index >= 15 is 0 Å². The molecule has 110 valence electrons. The van der Waals surface area contributed by atoms with E-state index in [9.17, 15) is 4.79 Å². The molecule has 3 rings (SSSR count). The molecule has 1 fully saturated rings. The van der Waals surface area contributed by atoms with Gasteiger partial charge in [-0.15, -0.1) is 6.58 Å². The molecule has 1 amide bonds. The third kappa shape index (κ3) is 3.49. The van der Waals surface area contributed by atoms with Gasteiger partial charge in [0.05, 0.1) is 12.3 Å². The summed E-state index contributed by atoms with van der Waals surface area (Å²) < 4.78 is 10.9. The monoisotopic (exact) mass is 286 g/mol. The highest BCUT2D eigenvalue weighted by atomic mass is 16.6. The molecule has 0 aromatic heterocycles. The summed E-state index contributed by atoms with van der Waals surface area (Å²) in [5.74, 6) is 0.823. The lowest BCUT2D eigenvalue weighted by atomic mass is 10.00. The molecule has 1 saturated heterocycles. The number of ether oxygens (including phenoxy) is 2. The van der Waals surface area contributed by atoms with Crippen LogP contribution in [0.15, 0.2) is 36.0 Å². The highest BCUT2D eigenvalue weighted by Crippen LogP contribution is 2.24. The van der Waals surface area contributed by atoms with E-state index in [-0.39, 0.29) is 12.0 Å². The van der Waals surface area contributed by atoms with E-state index in [0.717, 1.165) is 35.6 Å². The van der Waals surface area contributed by atoms with Crippen LogP contribution in [-0.4, -0.2) is 30.9 Å². The molecule has 1 aromatic rings. The Morgan fingerprint density at radius 2 is 2.33 bits per heavy atom. The molecule has 0 aliphatic carbocycles. The molecule has 0 radical (unpaired) electrons. The molecule has 21 heavy (non-hydrogen) atoms. The molecule has 0 saturated carbocycles. The van der Waals surface area contributed by atoms with Crippen molar-refractivity contribution in [3.8, 4) is 5.75 Å². The number of hydrogen-bond donors (Lipinski definition) is 1. The molecule has 2 aliphatic heterocycles. The Morgan fingerprint density at radius 3 is 3.00 bits per heavy atom. The molecule has 1 aromatic carbocycles. The van der Waals surface area contributed by atoms with Crippen LogP contribution in [0.3, 0.4) is 0 Å². The Morgan fingerprint density at radius 1 is 1.48 bits per heavy atom. The van der Waals surface area contributed by atoms with Crippen molar-refractivity contribution in [1.82, 2.24) is 5.43 Å². The minimum Gasteiger partial charge on any atom is -0.490 e. The molecular formula is C16H18N2O3. The number of nitrogens with zero attached hydrogens (tertiary/aromatic N) is 1. The zero-order chi connectivity index (χ0) is 14.7. The highest BCUT2D eigenvalue weighted by molar-refractivity contribution is 6.04. The van der Waals surface area contributed by atoms with Gasteiger partial charge in [0.1, 0.15) is 18.5 Å². The van der Waals surface area contributed by atoms with Crippen molar-refractivity contribution < 1.29 is 14.3 Å². The predicted molar refractivity (Wildman–Crippen MR) is 79.5 cm³/mol. The largest absolute Gasteiger partial charge is 0.490 e. The van der Waals surface area contributed by atoms with Gasteiger partial charge in [-0.2, -0.15) is 5.10 Å². The van der Waals surface area contributed by atoms with Gasteiger partial charge in [0, 0.05) is 12.8 Å². The van der Waals surface area contributed by atoms with Crippen LogP contribution < -0.4 is 10.2 Å². The first-order chi connectivity index (χ1) is 10.3. The van der Waals surface area contributed by atoms with Crippen LogP contribution in [0.5, 0.6) is 5.75 Å². The minimum atomic E-state index is -0.0329. The van der Waals surface area contributed by atoms with Crippen molar-refractivity contribution in [3.63, 3.8) is 0 Å². The molecular weight excluding hydrogens is 268 g/mol. The summed E-state index contributed by atoms with van der Waals surface area (Å²) in [4.78, 5) is 11.2. The summed E-state index contributed by atoms with van der Waals surface area (Å²) in [6.07, 6.45) is 3.96. The van der Waals surface area contributed by atoms with E-state index in [1.54, 1.807) is 0 Å². The summed E-state index contributed by atoms with van der Waals surface area (Å²) in [7, 11) is 0. The molecule has 2 aliphatic rings. The second-order valence-electron chi connectivity index (χ2n) is 5.18. The number of benzene rings is 1. The second-order valence-corrected chi connectivity index (χ2v) is 5.18. The number of hydrazone groups is 1. The maximum Gasteiger partial charge on any atom is 0.240 e. The number of hydrogen-bond acceptors (Lipinski definition) is 4. The summed E-state index contributed by atoms with van der Waals surface area (Å²) in [6.45, 7) is 5.16. The fourth-order valence-corrected chi connectivity index (χ4v) is 2.24. The Bertz CT molecular complexity index is 591. The van der Waals surface area contributed by atoms with Crippen LogP contribution in [-0.2, 0) is 16.0 Å². The number of rotatable bonds is 6. The van der Waals surface area contributed by atoms with Crippen LogP contribution in [0.4, 0.5) is 0 Å². The fourth-order valence-electron chi connectivity index (χ4n) is 2.24. The van der Waals surface area contributed by atoms with Gasteiger partial charge in [-0.1, -0.05) is 6.08 Å². The van der Waals surface area contributed by atoms with Gasteiger partial charge < -0.3 is 9.47 Å². The first-order valence-electron chi connectivity index (χ1n) is 7.10. The lowest BCUT2D eigenvalue weighted by Crippen LogP contribution is -2.26. The smallest absolute Gasteiger partial charge is 0.240 e. The Hall–Kier alpha value is -2.14. The highest BCUT2D eigenvalue weighted by Gasteiger charge is 2.23. The average Bonchev–Trinajstić information content (AvgIpc) is 3.31. The van der Waals surface area contributed by atoms with E-state index in [0.29, 0.717) is 19.4 Å². The Labute approximate surface area is 123 Å². The Balaban J connectivity index is 1.79. The maximum atomic E-state index is 11.2. The average molecular weight is 286 g/mol. The standard InChI is InChI=1S/C16H18N2O3/c1-2-3-12-8-11(14-5-7-16(19)18-17-14)4-6-15(12)21-10-13-9-20-13/h2,4,6,8,13H,1,3,5,7,9-10H2,(H,18,19).